The number of carbonyl (C=O) groups excluding carboxylic acids is 2. The van der Waals surface area contributed by atoms with Gasteiger partial charge in [0.05, 0.1) is 0 Å². The second kappa shape index (κ2) is 12.9. The van der Waals surface area contributed by atoms with Crippen molar-refractivity contribution in [2.24, 2.45) is 0 Å². The molecule has 0 spiro atoms. The molecule has 1 unspecified atom stereocenters. The monoisotopic (exact) mass is 484 g/mol. The predicted octanol–water partition coefficient (Wildman–Crippen LogP) is 5.46. The molecule has 0 saturated heterocycles. The lowest BCUT2D eigenvalue weighted by Crippen LogP contribution is -2.53. The largest absolute Gasteiger partial charge is 0.484 e. The number of nitrogens with one attached hydrogen (secondary N) is 1. The van der Waals surface area contributed by atoms with E-state index in [1.807, 2.05) is 91.9 Å². The van der Waals surface area contributed by atoms with Gasteiger partial charge in [-0.25, -0.2) is 0 Å². The van der Waals surface area contributed by atoms with Crippen molar-refractivity contribution in [1.82, 2.24) is 10.2 Å². The topological polar surface area (TPSA) is 58.6 Å². The maximum Gasteiger partial charge on any atom is 0.261 e. The number of aryl methyl sites for hydroxylation is 1. The van der Waals surface area contributed by atoms with Crippen LogP contribution in [0.15, 0.2) is 84.9 Å². The third-order valence-corrected chi connectivity index (χ3v) is 6.80. The smallest absolute Gasteiger partial charge is 0.261 e. The van der Waals surface area contributed by atoms with Gasteiger partial charge in [-0.3, -0.25) is 9.59 Å². The van der Waals surface area contributed by atoms with Gasteiger partial charge in [0.1, 0.15) is 11.8 Å². The summed E-state index contributed by atoms with van der Waals surface area (Å²) in [4.78, 5) is 29.1. The summed E-state index contributed by atoms with van der Waals surface area (Å²) in [5.74, 6) is 0.331. The lowest BCUT2D eigenvalue weighted by Gasteiger charge is -2.33. The van der Waals surface area contributed by atoms with Crippen LogP contribution in [0.3, 0.4) is 0 Å². The Hall–Kier alpha value is -3.60. The van der Waals surface area contributed by atoms with E-state index in [0.717, 1.165) is 42.4 Å². The number of hydrogen-bond acceptors (Lipinski definition) is 3. The molecule has 0 bridgehead atoms. The van der Waals surface area contributed by atoms with Crippen LogP contribution in [0.25, 0.3) is 0 Å². The predicted molar refractivity (Wildman–Crippen MR) is 143 cm³/mol. The van der Waals surface area contributed by atoms with Gasteiger partial charge in [-0.2, -0.15) is 0 Å². The molecule has 36 heavy (non-hydrogen) atoms. The summed E-state index contributed by atoms with van der Waals surface area (Å²) in [5.41, 5.74) is 3.16. The number of nitrogens with zero attached hydrogens (tertiary/aromatic N) is 1. The Morgan fingerprint density at radius 2 is 1.50 bits per heavy atom. The van der Waals surface area contributed by atoms with Crippen LogP contribution in [-0.2, 0) is 22.6 Å². The highest BCUT2D eigenvalue weighted by molar-refractivity contribution is 5.88. The zero-order chi connectivity index (χ0) is 25.2. The van der Waals surface area contributed by atoms with Gasteiger partial charge in [0.25, 0.3) is 5.91 Å². The molecule has 188 valence electrons. The van der Waals surface area contributed by atoms with Crippen molar-refractivity contribution >= 4 is 11.8 Å². The van der Waals surface area contributed by atoms with E-state index in [1.54, 1.807) is 4.90 Å². The summed E-state index contributed by atoms with van der Waals surface area (Å²) in [5, 5.41) is 3.27. The Labute approximate surface area is 214 Å². The highest BCUT2D eigenvalue weighted by atomic mass is 16.5. The minimum Gasteiger partial charge on any atom is -0.484 e. The van der Waals surface area contributed by atoms with Crippen LogP contribution in [0.5, 0.6) is 5.75 Å². The molecular weight excluding hydrogens is 448 g/mol. The Morgan fingerprint density at radius 1 is 0.861 bits per heavy atom. The normalized spacial score (nSPS) is 14.6. The van der Waals surface area contributed by atoms with Gasteiger partial charge < -0.3 is 15.0 Å². The van der Waals surface area contributed by atoms with E-state index in [0.29, 0.717) is 18.7 Å². The first-order chi connectivity index (χ1) is 17.6. The number of rotatable bonds is 10. The lowest BCUT2D eigenvalue weighted by molar-refractivity contribution is -0.143. The average Bonchev–Trinajstić information content (AvgIpc) is 2.92. The third kappa shape index (κ3) is 7.45. The Bertz CT molecular complexity index is 1090. The summed E-state index contributed by atoms with van der Waals surface area (Å²) in [7, 11) is 0. The number of ether oxygens (including phenoxy) is 1. The molecule has 0 heterocycles. The number of hydrogen-bond donors (Lipinski definition) is 1. The quantitative estimate of drug-likeness (QED) is 0.416. The number of amides is 2. The Morgan fingerprint density at radius 3 is 2.17 bits per heavy atom. The molecule has 3 aromatic rings. The fraction of sp³-hybridized carbons (Fsp3) is 0.355. The molecular formula is C31H36N2O3. The van der Waals surface area contributed by atoms with E-state index in [2.05, 4.69) is 5.32 Å². The minimum absolute atomic E-state index is 0.0917. The molecule has 4 rings (SSSR count). The third-order valence-electron chi connectivity index (χ3n) is 6.80. The average molecular weight is 485 g/mol. The highest BCUT2D eigenvalue weighted by Crippen LogP contribution is 2.20. The number of carbonyl (C=O) groups is 2. The van der Waals surface area contributed by atoms with E-state index in [4.69, 9.17) is 4.74 Å². The molecule has 1 fully saturated rings. The SMILES string of the molecule is Cc1ccc(CN(C(=O)COc2ccccc2)C(Cc2ccccc2)C(=O)NC2CCCCC2)cc1. The van der Waals surface area contributed by atoms with E-state index in [9.17, 15) is 9.59 Å². The first-order valence-corrected chi connectivity index (χ1v) is 13.0. The molecule has 1 atom stereocenters. The van der Waals surface area contributed by atoms with Gasteiger partial charge in [0.2, 0.25) is 5.91 Å². The van der Waals surface area contributed by atoms with Gasteiger partial charge in [-0.1, -0.05) is 97.6 Å². The van der Waals surface area contributed by atoms with E-state index in [-0.39, 0.29) is 24.5 Å². The molecule has 0 aromatic heterocycles. The maximum absolute atomic E-state index is 13.7. The molecule has 0 radical (unpaired) electrons. The van der Waals surface area contributed by atoms with E-state index >= 15 is 0 Å². The van der Waals surface area contributed by atoms with Crippen molar-refractivity contribution in [2.75, 3.05) is 6.61 Å². The van der Waals surface area contributed by atoms with Crippen molar-refractivity contribution in [3.63, 3.8) is 0 Å². The Kier molecular flexibility index (Phi) is 9.15. The van der Waals surface area contributed by atoms with Gasteiger partial charge in [-0.05, 0) is 43.0 Å². The fourth-order valence-corrected chi connectivity index (χ4v) is 4.73. The van der Waals surface area contributed by atoms with Crippen LogP contribution in [-0.4, -0.2) is 35.4 Å². The summed E-state index contributed by atoms with van der Waals surface area (Å²) in [6, 6.07) is 26.9. The van der Waals surface area contributed by atoms with E-state index < -0.39 is 6.04 Å². The first kappa shape index (κ1) is 25.5. The van der Waals surface area contributed by atoms with Crippen LogP contribution < -0.4 is 10.1 Å². The summed E-state index contributed by atoms with van der Waals surface area (Å²) in [6.07, 6.45) is 5.91. The van der Waals surface area contributed by atoms with Crippen molar-refractivity contribution in [2.45, 2.75) is 64.1 Å². The molecule has 5 heteroatoms. The van der Waals surface area contributed by atoms with Crippen molar-refractivity contribution in [1.29, 1.82) is 0 Å². The second-order valence-electron chi connectivity index (χ2n) is 9.66. The standard InChI is InChI=1S/C31H36N2O3/c1-24-17-19-26(20-18-24)22-33(30(34)23-36-28-15-9-4-10-16-28)29(21-25-11-5-2-6-12-25)31(35)32-27-13-7-3-8-14-27/h2,4-6,9-12,15-20,27,29H,3,7-8,13-14,21-23H2,1H3,(H,32,35). The van der Waals surface area contributed by atoms with Crippen molar-refractivity contribution < 1.29 is 14.3 Å². The van der Waals surface area contributed by atoms with Gasteiger partial charge in [0, 0.05) is 19.0 Å². The molecule has 5 nitrogen and oxygen atoms in total. The first-order valence-electron chi connectivity index (χ1n) is 13.0. The molecule has 1 aliphatic rings. The fourth-order valence-electron chi connectivity index (χ4n) is 4.73. The maximum atomic E-state index is 13.7. The van der Waals surface area contributed by atoms with E-state index in [1.165, 1.54) is 6.42 Å². The van der Waals surface area contributed by atoms with Crippen LogP contribution in [0.1, 0.15) is 48.8 Å². The van der Waals surface area contributed by atoms with Crippen LogP contribution >= 0.6 is 0 Å². The van der Waals surface area contributed by atoms with Crippen LogP contribution in [0.2, 0.25) is 0 Å². The minimum atomic E-state index is -0.637. The molecule has 1 N–H and O–H groups in total. The summed E-state index contributed by atoms with van der Waals surface area (Å²) < 4.78 is 5.81. The number of benzene rings is 3. The molecule has 1 aliphatic carbocycles. The molecule has 3 aromatic carbocycles. The summed E-state index contributed by atoms with van der Waals surface area (Å²) >= 11 is 0. The van der Waals surface area contributed by atoms with Crippen LogP contribution in [0, 0.1) is 6.92 Å². The highest BCUT2D eigenvalue weighted by Gasteiger charge is 2.32. The Balaban J connectivity index is 1.60. The second-order valence-corrected chi connectivity index (χ2v) is 9.66. The van der Waals surface area contributed by atoms with Crippen molar-refractivity contribution in [3.05, 3.63) is 102 Å². The zero-order valence-electron chi connectivity index (χ0n) is 21.1. The van der Waals surface area contributed by atoms with Crippen LogP contribution in [0.4, 0.5) is 0 Å². The zero-order valence-corrected chi connectivity index (χ0v) is 21.1. The molecule has 1 saturated carbocycles. The van der Waals surface area contributed by atoms with Gasteiger partial charge >= 0.3 is 0 Å². The molecule has 0 aliphatic heterocycles. The van der Waals surface area contributed by atoms with Gasteiger partial charge in [0.15, 0.2) is 6.61 Å². The number of para-hydroxylation sites is 1. The van der Waals surface area contributed by atoms with Gasteiger partial charge in [-0.15, -0.1) is 0 Å². The van der Waals surface area contributed by atoms with Crippen molar-refractivity contribution in [3.8, 4) is 5.75 Å². The molecule has 2 amide bonds. The lowest BCUT2D eigenvalue weighted by atomic mass is 9.94. The summed E-state index contributed by atoms with van der Waals surface area (Å²) in [6.45, 7) is 2.25.